The van der Waals surface area contributed by atoms with E-state index in [1.807, 2.05) is 24.3 Å². The monoisotopic (exact) mass is 423 g/mol. The van der Waals surface area contributed by atoms with E-state index in [2.05, 4.69) is 12.2 Å². The van der Waals surface area contributed by atoms with E-state index in [0.717, 1.165) is 12.8 Å². The van der Waals surface area contributed by atoms with Crippen molar-refractivity contribution in [3.8, 4) is 5.75 Å². The fourth-order valence-electron chi connectivity index (χ4n) is 3.55. The van der Waals surface area contributed by atoms with Gasteiger partial charge in [-0.1, -0.05) is 31.5 Å². The summed E-state index contributed by atoms with van der Waals surface area (Å²) in [6.07, 6.45) is 2.12. The molecule has 2 aromatic carbocycles. The number of hydrogen-bond acceptors (Lipinski definition) is 4. The first-order chi connectivity index (χ1) is 15.0. The third kappa shape index (κ3) is 6.31. The summed E-state index contributed by atoms with van der Waals surface area (Å²) in [6, 6.07) is 14.7. The van der Waals surface area contributed by atoms with Gasteiger partial charge in [0.25, 0.3) is 11.8 Å². The average molecular weight is 424 g/mol. The summed E-state index contributed by atoms with van der Waals surface area (Å²) in [4.78, 5) is 40.0. The minimum Gasteiger partial charge on any atom is -0.484 e. The SMILES string of the molecule is CCCc1ccc(OCC(=O)N2CCN(C(=O)c3cccc(NC(C)=O)c3)CC2)cc1. The molecular formula is C24H29N3O4. The van der Waals surface area contributed by atoms with Crippen LogP contribution < -0.4 is 10.1 Å². The van der Waals surface area contributed by atoms with Crippen molar-refractivity contribution < 1.29 is 19.1 Å². The lowest BCUT2D eigenvalue weighted by atomic mass is 10.1. The molecule has 0 saturated carbocycles. The Morgan fingerprint density at radius 3 is 2.29 bits per heavy atom. The molecule has 1 aliphatic heterocycles. The highest BCUT2D eigenvalue weighted by Crippen LogP contribution is 2.16. The number of anilines is 1. The van der Waals surface area contributed by atoms with Crippen LogP contribution in [-0.2, 0) is 16.0 Å². The van der Waals surface area contributed by atoms with Crippen LogP contribution in [0.25, 0.3) is 0 Å². The third-order valence-corrected chi connectivity index (χ3v) is 5.17. The molecule has 0 bridgehead atoms. The number of piperazine rings is 1. The van der Waals surface area contributed by atoms with Crippen molar-refractivity contribution in [3.63, 3.8) is 0 Å². The molecule has 1 aliphatic rings. The molecule has 0 aromatic heterocycles. The van der Waals surface area contributed by atoms with E-state index in [-0.39, 0.29) is 24.3 Å². The Kier molecular flexibility index (Phi) is 7.65. The Hall–Kier alpha value is -3.35. The van der Waals surface area contributed by atoms with Crippen molar-refractivity contribution in [3.05, 3.63) is 59.7 Å². The van der Waals surface area contributed by atoms with E-state index in [1.54, 1.807) is 34.1 Å². The van der Waals surface area contributed by atoms with Crippen molar-refractivity contribution in [2.24, 2.45) is 0 Å². The Morgan fingerprint density at radius 1 is 0.968 bits per heavy atom. The molecule has 3 rings (SSSR count). The summed E-state index contributed by atoms with van der Waals surface area (Å²) in [5, 5.41) is 2.69. The number of ether oxygens (including phenoxy) is 1. The Labute approximate surface area is 183 Å². The Balaban J connectivity index is 1.48. The van der Waals surface area contributed by atoms with Gasteiger partial charge >= 0.3 is 0 Å². The molecule has 164 valence electrons. The number of hydrogen-bond donors (Lipinski definition) is 1. The van der Waals surface area contributed by atoms with Gasteiger partial charge in [0, 0.05) is 44.4 Å². The number of nitrogens with one attached hydrogen (secondary N) is 1. The number of nitrogens with zero attached hydrogens (tertiary/aromatic N) is 2. The van der Waals surface area contributed by atoms with Gasteiger partial charge < -0.3 is 19.9 Å². The Bertz CT molecular complexity index is 919. The van der Waals surface area contributed by atoms with Crippen LogP contribution >= 0.6 is 0 Å². The molecule has 0 radical (unpaired) electrons. The van der Waals surface area contributed by atoms with E-state index in [0.29, 0.717) is 43.2 Å². The second kappa shape index (κ2) is 10.6. The second-order valence-electron chi connectivity index (χ2n) is 7.62. The summed E-state index contributed by atoms with van der Waals surface area (Å²) in [6.45, 7) is 5.40. The number of aryl methyl sites for hydroxylation is 1. The van der Waals surface area contributed by atoms with Gasteiger partial charge in [0.1, 0.15) is 5.75 Å². The largest absolute Gasteiger partial charge is 0.484 e. The van der Waals surface area contributed by atoms with E-state index >= 15 is 0 Å². The molecular weight excluding hydrogens is 394 g/mol. The maximum absolute atomic E-state index is 12.8. The summed E-state index contributed by atoms with van der Waals surface area (Å²) in [5.74, 6) is 0.303. The average Bonchev–Trinajstić information content (AvgIpc) is 2.78. The molecule has 0 unspecified atom stereocenters. The molecule has 7 heteroatoms. The molecule has 0 atom stereocenters. The van der Waals surface area contributed by atoms with Crippen molar-refractivity contribution in [1.82, 2.24) is 9.80 Å². The molecule has 1 heterocycles. The minimum absolute atomic E-state index is 0.0141. The van der Waals surface area contributed by atoms with Crippen LogP contribution in [-0.4, -0.2) is 60.3 Å². The zero-order valence-corrected chi connectivity index (χ0v) is 18.1. The van der Waals surface area contributed by atoms with Gasteiger partial charge in [0.15, 0.2) is 6.61 Å². The van der Waals surface area contributed by atoms with Gasteiger partial charge in [0.2, 0.25) is 5.91 Å². The molecule has 31 heavy (non-hydrogen) atoms. The molecule has 1 fully saturated rings. The molecule has 3 amide bonds. The lowest BCUT2D eigenvalue weighted by Gasteiger charge is -2.34. The smallest absolute Gasteiger partial charge is 0.260 e. The molecule has 2 aromatic rings. The molecule has 0 spiro atoms. The first-order valence-electron chi connectivity index (χ1n) is 10.6. The fourth-order valence-corrected chi connectivity index (χ4v) is 3.55. The summed E-state index contributed by atoms with van der Waals surface area (Å²) in [7, 11) is 0. The summed E-state index contributed by atoms with van der Waals surface area (Å²) < 4.78 is 5.64. The normalized spacial score (nSPS) is 13.6. The third-order valence-electron chi connectivity index (χ3n) is 5.17. The fraction of sp³-hybridized carbons (Fsp3) is 0.375. The molecule has 7 nitrogen and oxygen atoms in total. The van der Waals surface area contributed by atoms with Crippen LogP contribution in [0.4, 0.5) is 5.69 Å². The van der Waals surface area contributed by atoms with Gasteiger partial charge in [-0.25, -0.2) is 0 Å². The first-order valence-corrected chi connectivity index (χ1v) is 10.6. The maximum Gasteiger partial charge on any atom is 0.260 e. The van der Waals surface area contributed by atoms with Gasteiger partial charge in [-0.3, -0.25) is 14.4 Å². The highest BCUT2D eigenvalue weighted by molar-refractivity contribution is 5.97. The highest BCUT2D eigenvalue weighted by atomic mass is 16.5. The number of carbonyl (C=O) groups excluding carboxylic acids is 3. The van der Waals surface area contributed by atoms with Crippen molar-refractivity contribution >= 4 is 23.4 Å². The summed E-state index contributed by atoms with van der Waals surface area (Å²) >= 11 is 0. The summed E-state index contributed by atoms with van der Waals surface area (Å²) in [5.41, 5.74) is 2.36. The van der Waals surface area contributed by atoms with Crippen molar-refractivity contribution in [1.29, 1.82) is 0 Å². The van der Waals surface area contributed by atoms with Gasteiger partial charge in [-0.15, -0.1) is 0 Å². The van der Waals surface area contributed by atoms with Crippen molar-refractivity contribution in [2.75, 3.05) is 38.1 Å². The van der Waals surface area contributed by atoms with E-state index in [9.17, 15) is 14.4 Å². The lowest BCUT2D eigenvalue weighted by molar-refractivity contribution is -0.134. The lowest BCUT2D eigenvalue weighted by Crippen LogP contribution is -2.51. The number of carbonyl (C=O) groups is 3. The van der Waals surface area contributed by atoms with E-state index < -0.39 is 0 Å². The molecule has 1 saturated heterocycles. The van der Waals surface area contributed by atoms with Crippen LogP contribution in [0.3, 0.4) is 0 Å². The van der Waals surface area contributed by atoms with Crippen LogP contribution in [0.15, 0.2) is 48.5 Å². The van der Waals surface area contributed by atoms with Crippen molar-refractivity contribution in [2.45, 2.75) is 26.7 Å². The zero-order valence-electron chi connectivity index (χ0n) is 18.1. The quantitative estimate of drug-likeness (QED) is 0.743. The number of rotatable bonds is 7. The predicted octanol–water partition coefficient (Wildman–Crippen LogP) is 2.96. The number of amides is 3. The Morgan fingerprint density at radius 2 is 1.65 bits per heavy atom. The second-order valence-corrected chi connectivity index (χ2v) is 7.62. The van der Waals surface area contributed by atoms with Crippen LogP contribution in [0.2, 0.25) is 0 Å². The van der Waals surface area contributed by atoms with E-state index in [4.69, 9.17) is 4.74 Å². The molecule has 1 N–H and O–H groups in total. The minimum atomic E-state index is -0.184. The van der Waals surface area contributed by atoms with Gasteiger partial charge in [-0.2, -0.15) is 0 Å². The molecule has 0 aliphatic carbocycles. The topological polar surface area (TPSA) is 79.0 Å². The van der Waals surface area contributed by atoms with Crippen LogP contribution in [0, 0.1) is 0 Å². The highest BCUT2D eigenvalue weighted by Gasteiger charge is 2.25. The van der Waals surface area contributed by atoms with Crippen LogP contribution in [0.1, 0.15) is 36.2 Å². The zero-order chi connectivity index (χ0) is 22.2. The first kappa shape index (κ1) is 22.3. The predicted molar refractivity (Wildman–Crippen MR) is 119 cm³/mol. The van der Waals surface area contributed by atoms with Crippen LogP contribution in [0.5, 0.6) is 5.75 Å². The van der Waals surface area contributed by atoms with Gasteiger partial charge in [-0.05, 0) is 42.3 Å². The standard InChI is InChI=1S/C24H29N3O4/c1-3-5-19-8-10-22(11-9-19)31-17-23(29)26-12-14-27(15-13-26)24(30)20-6-4-7-21(16-20)25-18(2)28/h4,6-11,16H,3,5,12-15,17H2,1-2H3,(H,25,28). The maximum atomic E-state index is 12.8. The van der Waals surface area contributed by atoms with Gasteiger partial charge in [0.05, 0.1) is 0 Å². The van der Waals surface area contributed by atoms with E-state index in [1.165, 1.54) is 12.5 Å². The number of benzene rings is 2.